The molecular formula is C7H11BrO. The van der Waals surface area contributed by atoms with Crippen molar-refractivity contribution in [3.8, 4) is 0 Å². The molecular weight excluding hydrogens is 180 g/mol. The molecule has 0 aliphatic heterocycles. The fourth-order valence-corrected chi connectivity index (χ4v) is 1.40. The summed E-state index contributed by atoms with van der Waals surface area (Å²) in [4.78, 5) is 0.573. The van der Waals surface area contributed by atoms with E-state index in [-0.39, 0.29) is 0 Å². The van der Waals surface area contributed by atoms with Crippen LogP contribution in [0.3, 0.4) is 0 Å². The molecule has 0 bridgehead atoms. The minimum Gasteiger partial charge on any atom is -0.377 e. The van der Waals surface area contributed by atoms with Gasteiger partial charge in [-0.2, -0.15) is 0 Å². The summed E-state index contributed by atoms with van der Waals surface area (Å²) in [6.07, 6.45) is 6.96. The van der Waals surface area contributed by atoms with E-state index in [0.29, 0.717) is 10.9 Å². The monoisotopic (exact) mass is 190 g/mol. The van der Waals surface area contributed by atoms with Crippen LogP contribution in [0.4, 0.5) is 0 Å². The molecule has 0 fully saturated rings. The van der Waals surface area contributed by atoms with Gasteiger partial charge in [0, 0.05) is 11.9 Å². The molecule has 0 aromatic carbocycles. The van der Waals surface area contributed by atoms with Gasteiger partial charge in [0.05, 0.1) is 6.10 Å². The summed E-state index contributed by atoms with van der Waals surface area (Å²) in [5.41, 5.74) is 0. The second kappa shape index (κ2) is 3.37. The van der Waals surface area contributed by atoms with Crippen molar-refractivity contribution in [1.29, 1.82) is 0 Å². The first kappa shape index (κ1) is 7.29. The van der Waals surface area contributed by atoms with Crippen molar-refractivity contribution in [2.75, 3.05) is 7.11 Å². The molecule has 0 aromatic rings. The second-order valence-electron chi connectivity index (χ2n) is 2.25. The fourth-order valence-electron chi connectivity index (χ4n) is 0.957. The van der Waals surface area contributed by atoms with Crippen LogP contribution in [0.15, 0.2) is 12.2 Å². The van der Waals surface area contributed by atoms with Crippen LogP contribution in [-0.2, 0) is 4.74 Å². The van der Waals surface area contributed by atoms with E-state index in [0.717, 1.165) is 6.42 Å². The van der Waals surface area contributed by atoms with Crippen LogP contribution in [0.25, 0.3) is 0 Å². The smallest absolute Gasteiger partial charge is 0.0752 e. The van der Waals surface area contributed by atoms with Gasteiger partial charge < -0.3 is 4.74 Å². The number of halogens is 1. The number of alkyl halides is 1. The Kier molecular flexibility index (Phi) is 2.73. The molecule has 0 aromatic heterocycles. The van der Waals surface area contributed by atoms with Crippen LogP contribution in [0, 0.1) is 0 Å². The molecule has 52 valence electrons. The van der Waals surface area contributed by atoms with Gasteiger partial charge in [-0.15, -0.1) is 0 Å². The lowest BCUT2D eigenvalue weighted by Gasteiger charge is -2.17. The number of hydrogen-bond donors (Lipinski definition) is 0. The van der Waals surface area contributed by atoms with Crippen molar-refractivity contribution in [3.05, 3.63) is 12.2 Å². The molecule has 0 N–H and O–H groups in total. The molecule has 2 heteroatoms. The predicted octanol–water partition coefficient (Wildman–Crippen LogP) is 2.11. The van der Waals surface area contributed by atoms with Crippen molar-refractivity contribution >= 4 is 15.9 Å². The number of rotatable bonds is 1. The molecule has 2 atom stereocenters. The van der Waals surface area contributed by atoms with E-state index in [4.69, 9.17) is 4.74 Å². The Labute approximate surface area is 64.2 Å². The average molecular weight is 191 g/mol. The summed E-state index contributed by atoms with van der Waals surface area (Å²) in [5.74, 6) is 0. The Bertz CT molecular complexity index is 111. The first-order valence-corrected chi connectivity index (χ1v) is 4.09. The summed E-state index contributed by atoms with van der Waals surface area (Å²) in [6.45, 7) is 0. The molecule has 1 aliphatic carbocycles. The number of hydrogen-bond acceptors (Lipinski definition) is 1. The first-order chi connectivity index (χ1) is 4.33. The SMILES string of the molecule is COC1C=CC(Br)CC1. The van der Waals surface area contributed by atoms with Crippen molar-refractivity contribution in [1.82, 2.24) is 0 Å². The van der Waals surface area contributed by atoms with Crippen LogP contribution in [0.5, 0.6) is 0 Å². The highest BCUT2D eigenvalue weighted by molar-refractivity contribution is 9.09. The molecule has 2 unspecified atom stereocenters. The highest BCUT2D eigenvalue weighted by atomic mass is 79.9. The third-order valence-corrected chi connectivity index (χ3v) is 2.33. The zero-order chi connectivity index (χ0) is 6.69. The van der Waals surface area contributed by atoms with Crippen LogP contribution < -0.4 is 0 Å². The summed E-state index contributed by atoms with van der Waals surface area (Å²) < 4.78 is 5.13. The molecule has 1 nitrogen and oxygen atoms in total. The molecule has 0 heterocycles. The Balaban J connectivity index is 2.38. The Morgan fingerprint density at radius 1 is 1.44 bits per heavy atom. The molecule has 9 heavy (non-hydrogen) atoms. The molecule has 0 amide bonds. The summed E-state index contributed by atoms with van der Waals surface area (Å²) >= 11 is 3.50. The topological polar surface area (TPSA) is 9.23 Å². The zero-order valence-corrected chi connectivity index (χ0v) is 7.10. The van der Waals surface area contributed by atoms with Crippen LogP contribution in [-0.4, -0.2) is 18.0 Å². The minimum atomic E-state index is 0.360. The lowest BCUT2D eigenvalue weighted by molar-refractivity contribution is 0.129. The normalized spacial score (nSPS) is 34.9. The van der Waals surface area contributed by atoms with Gasteiger partial charge in [0.2, 0.25) is 0 Å². The number of ether oxygens (including phenoxy) is 1. The van der Waals surface area contributed by atoms with Gasteiger partial charge in [-0.3, -0.25) is 0 Å². The van der Waals surface area contributed by atoms with E-state index in [1.165, 1.54) is 6.42 Å². The lowest BCUT2D eigenvalue weighted by atomic mass is 10.1. The molecule has 0 saturated heterocycles. The van der Waals surface area contributed by atoms with Crippen molar-refractivity contribution < 1.29 is 4.74 Å². The Morgan fingerprint density at radius 3 is 2.67 bits per heavy atom. The third-order valence-electron chi connectivity index (χ3n) is 1.56. The molecule has 0 spiro atoms. The van der Waals surface area contributed by atoms with E-state index in [1.807, 2.05) is 0 Å². The first-order valence-electron chi connectivity index (χ1n) is 3.18. The van der Waals surface area contributed by atoms with Gasteiger partial charge in [0.25, 0.3) is 0 Å². The predicted molar refractivity (Wildman–Crippen MR) is 41.9 cm³/mol. The highest BCUT2D eigenvalue weighted by Gasteiger charge is 2.11. The van der Waals surface area contributed by atoms with Crippen molar-refractivity contribution in [3.63, 3.8) is 0 Å². The van der Waals surface area contributed by atoms with E-state index in [9.17, 15) is 0 Å². The largest absolute Gasteiger partial charge is 0.377 e. The van der Waals surface area contributed by atoms with Crippen LogP contribution >= 0.6 is 15.9 Å². The number of allylic oxidation sites excluding steroid dienone is 1. The standard InChI is InChI=1S/C7H11BrO/c1-9-7-4-2-6(8)3-5-7/h2,4,6-7H,3,5H2,1H3. The van der Waals surface area contributed by atoms with E-state index >= 15 is 0 Å². The molecule has 0 saturated carbocycles. The quantitative estimate of drug-likeness (QED) is 0.455. The van der Waals surface area contributed by atoms with E-state index in [1.54, 1.807) is 7.11 Å². The summed E-state index contributed by atoms with van der Waals surface area (Å²) in [5, 5.41) is 0. The Morgan fingerprint density at radius 2 is 2.22 bits per heavy atom. The maximum absolute atomic E-state index is 5.13. The van der Waals surface area contributed by atoms with Crippen LogP contribution in [0.2, 0.25) is 0 Å². The minimum absolute atomic E-state index is 0.360. The second-order valence-corrected chi connectivity index (χ2v) is 3.43. The highest BCUT2D eigenvalue weighted by Crippen LogP contribution is 2.18. The van der Waals surface area contributed by atoms with Gasteiger partial charge in [-0.05, 0) is 12.8 Å². The zero-order valence-electron chi connectivity index (χ0n) is 5.51. The summed E-state index contributed by atoms with van der Waals surface area (Å²) in [7, 11) is 1.75. The van der Waals surface area contributed by atoms with E-state index in [2.05, 4.69) is 28.1 Å². The Hall–Kier alpha value is 0.180. The number of methoxy groups -OCH3 is 1. The molecule has 1 aliphatic rings. The van der Waals surface area contributed by atoms with Crippen molar-refractivity contribution in [2.45, 2.75) is 23.8 Å². The maximum atomic E-state index is 5.13. The van der Waals surface area contributed by atoms with Gasteiger partial charge in [0.1, 0.15) is 0 Å². The van der Waals surface area contributed by atoms with Gasteiger partial charge in [-0.1, -0.05) is 28.1 Å². The fraction of sp³-hybridized carbons (Fsp3) is 0.714. The van der Waals surface area contributed by atoms with Gasteiger partial charge in [0.15, 0.2) is 0 Å². The average Bonchev–Trinajstić information content (AvgIpc) is 1.90. The maximum Gasteiger partial charge on any atom is 0.0752 e. The summed E-state index contributed by atoms with van der Waals surface area (Å²) in [6, 6.07) is 0. The third kappa shape index (κ3) is 2.11. The molecule has 0 radical (unpaired) electrons. The van der Waals surface area contributed by atoms with E-state index < -0.39 is 0 Å². The van der Waals surface area contributed by atoms with Crippen molar-refractivity contribution in [2.24, 2.45) is 0 Å². The molecule has 1 rings (SSSR count). The lowest BCUT2D eigenvalue weighted by Crippen LogP contribution is -2.14. The van der Waals surface area contributed by atoms with Crippen LogP contribution in [0.1, 0.15) is 12.8 Å². The van der Waals surface area contributed by atoms with Gasteiger partial charge in [-0.25, -0.2) is 0 Å². The van der Waals surface area contributed by atoms with Gasteiger partial charge >= 0.3 is 0 Å².